The van der Waals surface area contributed by atoms with Gasteiger partial charge in [0, 0.05) is 11.1 Å². The molecule has 0 saturated carbocycles. The first-order valence-electron chi connectivity index (χ1n) is 10.3. The largest absolute Gasteiger partial charge is 0.493 e. The summed E-state index contributed by atoms with van der Waals surface area (Å²) in [6.07, 6.45) is 0. The van der Waals surface area contributed by atoms with Gasteiger partial charge in [-0.3, -0.25) is 0 Å². The molecule has 0 unspecified atom stereocenters. The van der Waals surface area contributed by atoms with E-state index in [1.165, 1.54) is 11.1 Å². The zero-order valence-electron chi connectivity index (χ0n) is 18.7. The predicted molar refractivity (Wildman–Crippen MR) is 114 cm³/mol. The Balaban J connectivity index is 1.58. The molecule has 0 radical (unpaired) electrons. The quantitative estimate of drug-likeness (QED) is 0.610. The Hall–Kier alpha value is -2.64. The lowest BCUT2D eigenvalue weighted by Crippen LogP contribution is -3.27. The minimum Gasteiger partial charge on any atom is -0.493 e. The van der Waals surface area contributed by atoms with E-state index in [0.717, 1.165) is 50.8 Å². The van der Waals surface area contributed by atoms with Crippen LogP contribution in [-0.4, -0.2) is 61.7 Å². The summed E-state index contributed by atoms with van der Waals surface area (Å²) in [7, 11) is 8.29. The van der Waals surface area contributed by atoms with Crippen molar-refractivity contribution >= 4 is 0 Å². The Bertz CT molecular complexity index is 809. The summed E-state index contributed by atoms with van der Waals surface area (Å²) in [6, 6.07) is 10.3. The van der Waals surface area contributed by atoms with Crippen LogP contribution in [0.5, 0.6) is 28.7 Å². The Kier molecular flexibility index (Phi) is 7.65. The standard InChI is InChI=1S/C23H32N2O5/c1-26-19-7-6-17(12-20(19)27-2)15-24-8-10-25(11-9-24)16-18-13-21(28-3)23(30-5)22(14-18)29-4/h6-7,12-14H,8-11,15-16H2,1-5H3/p+2. The fraction of sp³-hybridized carbons (Fsp3) is 0.478. The highest BCUT2D eigenvalue weighted by Gasteiger charge is 2.24. The maximum absolute atomic E-state index is 5.49. The first kappa shape index (κ1) is 22.1. The zero-order valence-corrected chi connectivity index (χ0v) is 18.7. The van der Waals surface area contributed by atoms with Gasteiger partial charge in [0.15, 0.2) is 23.0 Å². The summed E-state index contributed by atoms with van der Waals surface area (Å²) >= 11 is 0. The van der Waals surface area contributed by atoms with Gasteiger partial charge >= 0.3 is 0 Å². The zero-order chi connectivity index (χ0) is 21.5. The van der Waals surface area contributed by atoms with Crippen LogP contribution in [0.4, 0.5) is 0 Å². The van der Waals surface area contributed by atoms with Gasteiger partial charge < -0.3 is 33.5 Å². The molecule has 0 aromatic heterocycles. The first-order valence-corrected chi connectivity index (χ1v) is 10.3. The molecule has 2 N–H and O–H groups in total. The van der Waals surface area contributed by atoms with Crippen LogP contribution in [0.25, 0.3) is 0 Å². The molecule has 2 aromatic rings. The lowest BCUT2D eigenvalue weighted by molar-refractivity contribution is -1.02. The van der Waals surface area contributed by atoms with Crippen molar-refractivity contribution < 1.29 is 33.5 Å². The maximum atomic E-state index is 5.49. The second-order valence-corrected chi connectivity index (χ2v) is 7.58. The molecule has 7 heteroatoms. The van der Waals surface area contributed by atoms with E-state index >= 15 is 0 Å². The minimum absolute atomic E-state index is 0.642. The molecular weight excluding hydrogens is 384 g/mol. The van der Waals surface area contributed by atoms with E-state index in [-0.39, 0.29) is 0 Å². The smallest absolute Gasteiger partial charge is 0.203 e. The SMILES string of the molecule is COc1ccc(C[NH+]2CC[NH+](Cc3cc(OC)c(OC)c(OC)c3)CC2)cc1OC. The third kappa shape index (κ3) is 5.09. The van der Waals surface area contributed by atoms with E-state index in [2.05, 4.69) is 24.3 Å². The first-order chi connectivity index (χ1) is 14.6. The molecule has 3 rings (SSSR count). The van der Waals surface area contributed by atoms with Crippen molar-refractivity contribution in [2.24, 2.45) is 0 Å². The van der Waals surface area contributed by atoms with E-state index in [1.807, 2.05) is 6.07 Å². The molecule has 0 aliphatic carbocycles. The van der Waals surface area contributed by atoms with Gasteiger partial charge in [-0.05, 0) is 30.3 Å². The summed E-state index contributed by atoms with van der Waals surface area (Å²) in [6.45, 7) is 6.46. The van der Waals surface area contributed by atoms with Gasteiger partial charge in [0.05, 0.1) is 35.5 Å². The molecule has 1 aliphatic heterocycles. The van der Waals surface area contributed by atoms with E-state index in [1.54, 1.807) is 45.3 Å². The van der Waals surface area contributed by atoms with Gasteiger partial charge in [-0.25, -0.2) is 0 Å². The number of quaternary nitrogens is 2. The van der Waals surface area contributed by atoms with Gasteiger partial charge in [-0.2, -0.15) is 0 Å². The van der Waals surface area contributed by atoms with Crippen LogP contribution in [0, 0.1) is 0 Å². The van der Waals surface area contributed by atoms with Gasteiger partial charge in [0.25, 0.3) is 0 Å². The molecule has 0 atom stereocenters. The number of piperazine rings is 1. The third-order valence-electron chi connectivity index (χ3n) is 5.74. The Morgan fingerprint density at radius 2 is 1.03 bits per heavy atom. The number of benzene rings is 2. The van der Waals surface area contributed by atoms with Crippen molar-refractivity contribution in [1.29, 1.82) is 0 Å². The minimum atomic E-state index is 0.642. The second kappa shape index (κ2) is 10.4. The lowest BCUT2D eigenvalue weighted by Gasteiger charge is -2.30. The maximum Gasteiger partial charge on any atom is 0.203 e. The third-order valence-corrected chi connectivity index (χ3v) is 5.74. The summed E-state index contributed by atoms with van der Waals surface area (Å²) < 4.78 is 27.2. The van der Waals surface area contributed by atoms with Crippen molar-refractivity contribution in [3.8, 4) is 28.7 Å². The number of hydrogen-bond donors (Lipinski definition) is 2. The molecule has 0 amide bonds. The molecular formula is C23H34N2O5+2. The molecule has 1 aliphatic rings. The van der Waals surface area contributed by atoms with Crippen LogP contribution in [-0.2, 0) is 13.1 Å². The molecule has 1 saturated heterocycles. The predicted octanol–water partition coefficient (Wildman–Crippen LogP) is 0.213. The van der Waals surface area contributed by atoms with E-state index < -0.39 is 0 Å². The molecule has 0 spiro atoms. The number of hydrogen-bond acceptors (Lipinski definition) is 5. The summed E-state index contributed by atoms with van der Waals surface area (Å²) in [5.74, 6) is 3.63. The molecule has 7 nitrogen and oxygen atoms in total. The van der Waals surface area contributed by atoms with E-state index in [9.17, 15) is 0 Å². The van der Waals surface area contributed by atoms with Gasteiger partial charge in [-0.15, -0.1) is 0 Å². The summed E-state index contributed by atoms with van der Waals surface area (Å²) in [5, 5.41) is 0. The fourth-order valence-corrected chi connectivity index (χ4v) is 4.12. The van der Waals surface area contributed by atoms with Crippen molar-refractivity contribution in [2.75, 3.05) is 61.7 Å². The van der Waals surface area contributed by atoms with Gasteiger partial charge in [0.1, 0.15) is 39.3 Å². The van der Waals surface area contributed by atoms with Crippen molar-refractivity contribution in [3.05, 3.63) is 41.5 Å². The van der Waals surface area contributed by atoms with Crippen LogP contribution in [0.1, 0.15) is 11.1 Å². The fourth-order valence-electron chi connectivity index (χ4n) is 4.12. The van der Waals surface area contributed by atoms with E-state index in [4.69, 9.17) is 23.7 Å². The Labute approximate surface area is 179 Å². The van der Waals surface area contributed by atoms with E-state index in [0.29, 0.717) is 17.2 Å². The Morgan fingerprint density at radius 3 is 1.50 bits per heavy atom. The number of nitrogens with one attached hydrogen (secondary N) is 2. The summed E-state index contributed by atoms with van der Waals surface area (Å²) in [4.78, 5) is 3.16. The Morgan fingerprint density at radius 1 is 0.567 bits per heavy atom. The monoisotopic (exact) mass is 418 g/mol. The van der Waals surface area contributed by atoms with Crippen molar-refractivity contribution in [3.63, 3.8) is 0 Å². The molecule has 1 heterocycles. The topological polar surface area (TPSA) is 55.0 Å². The number of ether oxygens (including phenoxy) is 5. The van der Waals surface area contributed by atoms with Crippen LogP contribution in [0.3, 0.4) is 0 Å². The van der Waals surface area contributed by atoms with Crippen LogP contribution in [0.15, 0.2) is 30.3 Å². The van der Waals surface area contributed by atoms with Gasteiger partial charge in [-0.1, -0.05) is 0 Å². The highest BCUT2D eigenvalue weighted by Crippen LogP contribution is 2.38. The molecule has 164 valence electrons. The molecule has 30 heavy (non-hydrogen) atoms. The number of methoxy groups -OCH3 is 5. The van der Waals surface area contributed by atoms with Gasteiger partial charge in [0.2, 0.25) is 5.75 Å². The average molecular weight is 419 g/mol. The highest BCUT2D eigenvalue weighted by molar-refractivity contribution is 5.53. The normalized spacial score (nSPS) is 18.6. The van der Waals surface area contributed by atoms with Crippen LogP contribution in [0.2, 0.25) is 0 Å². The van der Waals surface area contributed by atoms with Crippen molar-refractivity contribution in [1.82, 2.24) is 0 Å². The van der Waals surface area contributed by atoms with Crippen LogP contribution >= 0.6 is 0 Å². The summed E-state index contributed by atoms with van der Waals surface area (Å²) in [5.41, 5.74) is 2.47. The second-order valence-electron chi connectivity index (χ2n) is 7.58. The molecule has 0 bridgehead atoms. The number of rotatable bonds is 9. The highest BCUT2D eigenvalue weighted by atomic mass is 16.5. The molecule has 2 aromatic carbocycles. The van der Waals surface area contributed by atoms with Crippen LogP contribution < -0.4 is 33.5 Å². The lowest BCUT2D eigenvalue weighted by atomic mass is 10.1. The molecule has 1 fully saturated rings. The van der Waals surface area contributed by atoms with Crippen molar-refractivity contribution in [2.45, 2.75) is 13.1 Å². The average Bonchev–Trinajstić information content (AvgIpc) is 2.79.